The Morgan fingerprint density at radius 2 is 1.82 bits per heavy atom. The number of aryl methyl sites for hydroxylation is 1. The molecule has 7 heteroatoms. The number of nitrogens with zero attached hydrogens (tertiary/aromatic N) is 6. The molecule has 28 heavy (non-hydrogen) atoms. The SMILES string of the molecule is CC(C)CCc1ncnn1Cc1ccc(-c2cccc(-c3nn[nH]n3)c2)cc1. The van der Waals surface area contributed by atoms with E-state index in [4.69, 9.17) is 0 Å². The maximum atomic E-state index is 4.42. The predicted molar refractivity (Wildman–Crippen MR) is 107 cm³/mol. The lowest BCUT2D eigenvalue weighted by Crippen LogP contribution is -2.08. The molecule has 0 aliphatic rings. The topological polar surface area (TPSA) is 85.2 Å². The first-order chi connectivity index (χ1) is 13.7. The van der Waals surface area contributed by atoms with Gasteiger partial charge in [-0.2, -0.15) is 10.3 Å². The average molecular weight is 373 g/mol. The van der Waals surface area contributed by atoms with E-state index in [1.54, 1.807) is 6.33 Å². The van der Waals surface area contributed by atoms with Crippen molar-refractivity contribution in [3.63, 3.8) is 0 Å². The first-order valence-corrected chi connectivity index (χ1v) is 9.49. The second-order valence-electron chi connectivity index (χ2n) is 7.28. The Morgan fingerprint density at radius 3 is 2.57 bits per heavy atom. The van der Waals surface area contributed by atoms with Crippen LogP contribution in [0.4, 0.5) is 0 Å². The summed E-state index contributed by atoms with van der Waals surface area (Å²) in [7, 11) is 0. The van der Waals surface area contributed by atoms with Crippen LogP contribution in [0.5, 0.6) is 0 Å². The van der Waals surface area contributed by atoms with Gasteiger partial charge in [-0.25, -0.2) is 9.67 Å². The van der Waals surface area contributed by atoms with Gasteiger partial charge in [0.2, 0.25) is 5.82 Å². The number of rotatable bonds is 7. The summed E-state index contributed by atoms with van der Waals surface area (Å²) in [6.07, 6.45) is 3.72. The lowest BCUT2D eigenvalue weighted by molar-refractivity contribution is 0.547. The lowest BCUT2D eigenvalue weighted by atomic mass is 10.0. The van der Waals surface area contributed by atoms with E-state index in [9.17, 15) is 0 Å². The molecule has 4 rings (SSSR count). The number of aromatic amines is 1. The van der Waals surface area contributed by atoms with Crippen LogP contribution in [0.3, 0.4) is 0 Å². The highest BCUT2D eigenvalue weighted by atomic mass is 15.5. The molecule has 142 valence electrons. The quantitative estimate of drug-likeness (QED) is 0.533. The Labute approximate surface area is 163 Å². The predicted octanol–water partition coefficient (Wildman–Crippen LogP) is 3.76. The van der Waals surface area contributed by atoms with E-state index in [0.29, 0.717) is 11.7 Å². The Bertz CT molecular complexity index is 1020. The number of H-pyrrole nitrogens is 1. The van der Waals surface area contributed by atoms with E-state index in [2.05, 4.69) is 81.0 Å². The van der Waals surface area contributed by atoms with Gasteiger partial charge in [-0.15, -0.1) is 10.2 Å². The molecule has 0 spiro atoms. The molecule has 0 saturated heterocycles. The second-order valence-corrected chi connectivity index (χ2v) is 7.28. The summed E-state index contributed by atoms with van der Waals surface area (Å²) in [6, 6.07) is 16.7. The zero-order chi connectivity index (χ0) is 19.3. The van der Waals surface area contributed by atoms with Crippen molar-refractivity contribution < 1.29 is 0 Å². The van der Waals surface area contributed by atoms with Crippen LogP contribution < -0.4 is 0 Å². The van der Waals surface area contributed by atoms with Gasteiger partial charge >= 0.3 is 0 Å². The van der Waals surface area contributed by atoms with Crippen molar-refractivity contribution in [1.82, 2.24) is 35.4 Å². The van der Waals surface area contributed by atoms with Gasteiger partial charge < -0.3 is 0 Å². The fourth-order valence-electron chi connectivity index (χ4n) is 3.13. The van der Waals surface area contributed by atoms with E-state index >= 15 is 0 Å². The summed E-state index contributed by atoms with van der Waals surface area (Å²) in [4.78, 5) is 4.42. The maximum absolute atomic E-state index is 4.42. The summed E-state index contributed by atoms with van der Waals surface area (Å²) in [5.74, 6) is 2.30. The highest BCUT2D eigenvalue weighted by Gasteiger charge is 2.08. The fourth-order valence-corrected chi connectivity index (χ4v) is 3.13. The van der Waals surface area contributed by atoms with E-state index < -0.39 is 0 Å². The molecule has 0 amide bonds. The van der Waals surface area contributed by atoms with Crippen molar-refractivity contribution >= 4 is 0 Å². The number of hydrogen-bond donors (Lipinski definition) is 1. The van der Waals surface area contributed by atoms with Gasteiger partial charge in [-0.3, -0.25) is 0 Å². The molecule has 0 bridgehead atoms. The van der Waals surface area contributed by atoms with Gasteiger partial charge in [0.05, 0.1) is 6.54 Å². The van der Waals surface area contributed by atoms with Crippen molar-refractivity contribution in [1.29, 1.82) is 0 Å². The first-order valence-electron chi connectivity index (χ1n) is 9.49. The summed E-state index contributed by atoms with van der Waals surface area (Å²) in [5.41, 5.74) is 4.40. The zero-order valence-corrected chi connectivity index (χ0v) is 16.1. The van der Waals surface area contributed by atoms with Crippen LogP contribution in [-0.2, 0) is 13.0 Å². The van der Waals surface area contributed by atoms with E-state index in [-0.39, 0.29) is 0 Å². The molecular formula is C21H23N7. The van der Waals surface area contributed by atoms with Crippen LogP contribution in [0.2, 0.25) is 0 Å². The van der Waals surface area contributed by atoms with Gasteiger partial charge in [0.25, 0.3) is 0 Å². The Morgan fingerprint density at radius 1 is 1.00 bits per heavy atom. The molecule has 0 aliphatic heterocycles. The molecule has 2 aromatic carbocycles. The maximum Gasteiger partial charge on any atom is 0.204 e. The van der Waals surface area contributed by atoms with Crippen molar-refractivity contribution in [3.8, 4) is 22.5 Å². The van der Waals surface area contributed by atoms with Crippen LogP contribution in [0.25, 0.3) is 22.5 Å². The van der Waals surface area contributed by atoms with Gasteiger partial charge in [0.1, 0.15) is 12.2 Å². The minimum absolute atomic E-state index is 0.596. The molecule has 0 saturated carbocycles. The fraction of sp³-hybridized carbons (Fsp3) is 0.286. The van der Waals surface area contributed by atoms with Crippen LogP contribution in [-0.4, -0.2) is 35.4 Å². The number of aromatic nitrogens is 7. The smallest absolute Gasteiger partial charge is 0.204 e. The van der Waals surface area contributed by atoms with Gasteiger partial charge in [0, 0.05) is 12.0 Å². The van der Waals surface area contributed by atoms with Crippen LogP contribution in [0.15, 0.2) is 54.9 Å². The Hall–Kier alpha value is -3.35. The first kappa shape index (κ1) is 18.0. The molecule has 4 aromatic rings. The zero-order valence-electron chi connectivity index (χ0n) is 16.1. The highest BCUT2D eigenvalue weighted by Crippen LogP contribution is 2.24. The van der Waals surface area contributed by atoms with E-state index in [0.717, 1.165) is 41.9 Å². The molecule has 0 radical (unpaired) electrons. The monoisotopic (exact) mass is 373 g/mol. The summed E-state index contributed by atoms with van der Waals surface area (Å²) < 4.78 is 1.99. The third-order valence-corrected chi connectivity index (χ3v) is 4.73. The molecule has 2 heterocycles. The average Bonchev–Trinajstić information content (AvgIpc) is 3.39. The third kappa shape index (κ3) is 4.14. The van der Waals surface area contributed by atoms with Crippen molar-refractivity contribution in [2.45, 2.75) is 33.2 Å². The largest absolute Gasteiger partial charge is 0.246 e. The van der Waals surface area contributed by atoms with E-state index in [1.165, 1.54) is 5.56 Å². The number of tetrazole rings is 1. The van der Waals surface area contributed by atoms with Gasteiger partial charge in [-0.1, -0.05) is 56.3 Å². The molecule has 7 nitrogen and oxygen atoms in total. The summed E-state index contributed by atoms with van der Waals surface area (Å²) in [6.45, 7) is 5.19. The Kier molecular flexibility index (Phi) is 5.23. The van der Waals surface area contributed by atoms with Crippen LogP contribution in [0, 0.1) is 5.92 Å². The van der Waals surface area contributed by atoms with Crippen LogP contribution in [0.1, 0.15) is 31.7 Å². The number of hydrogen-bond acceptors (Lipinski definition) is 5. The Balaban J connectivity index is 1.49. The normalized spacial score (nSPS) is 11.2. The molecule has 1 N–H and O–H groups in total. The number of nitrogens with one attached hydrogen (secondary N) is 1. The second kappa shape index (κ2) is 8.12. The van der Waals surface area contributed by atoms with Crippen molar-refractivity contribution in [2.75, 3.05) is 0 Å². The molecule has 2 aromatic heterocycles. The molecule has 0 fully saturated rings. The molecule has 0 unspecified atom stereocenters. The molecule has 0 atom stereocenters. The van der Waals surface area contributed by atoms with Crippen molar-refractivity contribution in [3.05, 3.63) is 66.2 Å². The highest BCUT2D eigenvalue weighted by molar-refractivity contribution is 5.70. The summed E-state index contributed by atoms with van der Waals surface area (Å²) in [5, 5.41) is 18.6. The van der Waals surface area contributed by atoms with E-state index in [1.807, 2.05) is 16.8 Å². The lowest BCUT2D eigenvalue weighted by Gasteiger charge is -2.09. The van der Waals surface area contributed by atoms with Gasteiger partial charge in [0.15, 0.2) is 0 Å². The molecule has 0 aliphatic carbocycles. The van der Waals surface area contributed by atoms with Gasteiger partial charge in [-0.05, 0) is 40.3 Å². The molecular weight excluding hydrogens is 350 g/mol. The summed E-state index contributed by atoms with van der Waals surface area (Å²) >= 11 is 0. The minimum Gasteiger partial charge on any atom is -0.246 e. The standard InChI is InChI=1S/C21H23N7/c1-15(2)6-11-20-22-14-23-28(20)13-16-7-9-17(10-8-16)18-4-3-5-19(12-18)21-24-26-27-25-21/h3-5,7-10,12,14-15H,6,11,13H2,1-2H3,(H,24,25,26,27). The third-order valence-electron chi connectivity index (χ3n) is 4.73. The number of benzene rings is 2. The van der Waals surface area contributed by atoms with Crippen molar-refractivity contribution in [2.24, 2.45) is 5.92 Å². The van der Waals surface area contributed by atoms with Crippen LogP contribution >= 0.6 is 0 Å². The minimum atomic E-state index is 0.596.